The predicted molar refractivity (Wildman–Crippen MR) is 74.3 cm³/mol. The van der Waals surface area contributed by atoms with Gasteiger partial charge in [0.05, 0.1) is 0 Å². The van der Waals surface area contributed by atoms with Crippen LogP contribution in [0.3, 0.4) is 0 Å². The Morgan fingerprint density at radius 2 is 2.11 bits per heavy atom. The molecule has 1 aromatic heterocycles. The van der Waals surface area contributed by atoms with Crippen molar-refractivity contribution in [3.05, 3.63) is 30.1 Å². The van der Waals surface area contributed by atoms with E-state index in [1.807, 2.05) is 12.3 Å². The van der Waals surface area contributed by atoms with Gasteiger partial charge in [0.1, 0.15) is 0 Å². The molecule has 0 spiro atoms. The standard InChI is InChI=1S/C15H24N2O/c1-15(2,3)11-14(18)17-10-5-4-7-13-8-6-9-16-12-13/h6,8-9,12H,4-5,7,10-11H2,1-3H3,(H,17,18). The summed E-state index contributed by atoms with van der Waals surface area (Å²) >= 11 is 0. The third-order valence-electron chi connectivity index (χ3n) is 2.63. The average Bonchev–Trinajstić information content (AvgIpc) is 2.27. The lowest BCUT2D eigenvalue weighted by Gasteiger charge is -2.17. The number of pyridine rings is 1. The number of aromatic nitrogens is 1. The normalized spacial score (nSPS) is 11.3. The molecule has 0 fully saturated rings. The molecule has 0 unspecified atom stereocenters. The van der Waals surface area contributed by atoms with Crippen LogP contribution in [0.4, 0.5) is 0 Å². The van der Waals surface area contributed by atoms with Gasteiger partial charge in [0.15, 0.2) is 0 Å². The maximum Gasteiger partial charge on any atom is 0.220 e. The molecule has 0 aliphatic carbocycles. The first-order valence-corrected chi connectivity index (χ1v) is 6.63. The minimum Gasteiger partial charge on any atom is -0.356 e. The molecule has 3 heteroatoms. The van der Waals surface area contributed by atoms with E-state index < -0.39 is 0 Å². The van der Waals surface area contributed by atoms with Gasteiger partial charge in [0, 0.05) is 25.4 Å². The Hall–Kier alpha value is -1.38. The van der Waals surface area contributed by atoms with Crippen LogP contribution in [-0.4, -0.2) is 17.4 Å². The van der Waals surface area contributed by atoms with Gasteiger partial charge in [-0.15, -0.1) is 0 Å². The van der Waals surface area contributed by atoms with Crippen LogP contribution in [0.5, 0.6) is 0 Å². The monoisotopic (exact) mass is 248 g/mol. The zero-order valence-electron chi connectivity index (χ0n) is 11.7. The van der Waals surface area contributed by atoms with E-state index in [4.69, 9.17) is 0 Å². The summed E-state index contributed by atoms with van der Waals surface area (Å²) in [7, 11) is 0. The number of carbonyl (C=O) groups is 1. The Kier molecular flexibility index (Phi) is 5.83. The first kappa shape index (κ1) is 14.7. The average molecular weight is 248 g/mol. The lowest BCUT2D eigenvalue weighted by Crippen LogP contribution is -2.28. The van der Waals surface area contributed by atoms with E-state index in [1.54, 1.807) is 6.20 Å². The first-order chi connectivity index (χ1) is 8.47. The summed E-state index contributed by atoms with van der Waals surface area (Å²) in [6.45, 7) is 7.01. The van der Waals surface area contributed by atoms with Gasteiger partial charge in [-0.25, -0.2) is 0 Å². The van der Waals surface area contributed by atoms with Crippen molar-refractivity contribution >= 4 is 5.91 Å². The molecule has 1 N–H and O–H groups in total. The van der Waals surface area contributed by atoms with Crippen molar-refractivity contribution in [2.75, 3.05) is 6.54 Å². The van der Waals surface area contributed by atoms with Crippen LogP contribution in [0.1, 0.15) is 45.6 Å². The molecule has 0 aliphatic rings. The lowest BCUT2D eigenvalue weighted by molar-refractivity contribution is -0.122. The van der Waals surface area contributed by atoms with Crippen molar-refractivity contribution in [1.82, 2.24) is 10.3 Å². The summed E-state index contributed by atoms with van der Waals surface area (Å²) in [6.07, 6.45) is 7.42. The summed E-state index contributed by atoms with van der Waals surface area (Å²) < 4.78 is 0. The van der Waals surface area contributed by atoms with Gasteiger partial charge in [-0.05, 0) is 36.3 Å². The molecule has 1 aromatic rings. The molecule has 0 saturated carbocycles. The van der Waals surface area contributed by atoms with Crippen LogP contribution < -0.4 is 5.32 Å². The highest BCUT2D eigenvalue weighted by Gasteiger charge is 2.14. The molecule has 0 bridgehead atoms. The predicted octanol–water partition coefficient (Wildman–Crippen LogP) is 2.96. The second-order valence-electron chi connectivity index (χ2n) is 5.91. The van der Waals surface area contributed by atoms with Gasteiger partial charge in [-0.3, -0.25) is 9.78 Å². The molecule has 0 atom stereocenters. The van der Waals surface area contributed by atoms with Gasteiger partial charge in [-0.2, -0.15) is 0 Å². The van der Waals surface area contributed by atoms with Gasteiger partial charge in [0.2, 0.25) is 5.91 Å². The second kappa shape index (κ2) is 7.14. The zero-order valence-corrected chi connectivity index (χ0v) is 11.7. The molecule has 100 valence electrons. The highest BCUT2D eigenvalue weighted by molar-refractivity contribution is 5.76. The summed E-state index contributed by atoms with van der Waals surface area (Å²) in [5.74, 6) is 0.156. The number of carbonyl (C=O) groups excluding carboxylic acids is 1. The van der Waals surface area contributed by atoms with Gasteiger partial charge in [0.25, 0.3) is 0 Å². The van der Waals surface area contributed by atoms with E-state index in [0.29, 0.717) is 6.42 Å². The zero-order chi connectivity index (χ0) is 13.4. The third-order valence-corrected chi connectivity index (χ3v) is 2.63. The Morgan fingerprint density at radius 1 is 1.33 bits per heavy atom. The van der Waals surface area contributed by atoms with Crippen LogP contribution in [0.2, 0.25) is 0 Å². The molecule has 18 heavy (non-hydrogen) atoms. The molecular weight excluding hydrogens is 224 g/mol. The lowest BCUT2D eigenvalue weighted by atomic mass is 9.92. The van der Waals surface area contributed by atoms with Crippen LogP contribution >= 0.6 is 0 Å². The number of amides is 1. The molecule has 0 aliphatic heterocycles. The number of unbranched alkanes of at least 4 members (excludes halogenated alkanes) is 1. The summed E-state index contributed by atoms with van der Waals surface area (Å²) in [5, 5.41) is 2.97. The molecule has 3 nitrogen and oxygen atoms in total. The molecule has 1 amide bonds. The summed E-state index contributed by atoms with van der Waals surface area (Å²) in [5.41, 5.74) is 1.33. The number of rotatable bonds is 6. The first-order valence-electron chi connectivity index (χ1n) is 6.63. The number of nitrogens with zero attached hydrogens (tertiary/aromatic N) is 1. The Bertz CT molecular complexity index is 355. The smallest absolute Gasteiger partial charge is 0.220 e. The molecule has 1 heterocycles. The van der Waals surface area contributed by atoms with Crippen molar-refractivity contribution in [3.8, 4) is 0 Å². The van der Waals surface area contributed by atoms with E-state index in [9.17, 15) is 4.79 Å². The van der Waals surface area contributed by atoms with Crippen LogP contribution in [0.25, 0.3) is 0 Å². The quantitative estimate of drug-likeness (QED) is 0.786. The summed E-state index contributed by atoms with van der Waals surface area (Å²) in [6, 6.07) is 4.05. The van der Waals surface area contributed by atoms with E-state index in [0.717, 1.165) is 25.8 Å². The Labute approximate surface area is 110 Å². The number of hydrogen-bond donors (Lipinski definition) is 1. The largest absolute Gasteiger partial charge is 0.356 e. The third kappa shape index (κ3) is 7.05. The van der Waals surface area contributed by atoms with Crippen LogP contribution in [0.15, 0.2) is 24.5 Å². The fraction of sp³-hybridized carbons (Fsp3) is 0.600. The van der Waals surface area contributed by atoms with Gasteiger partial charge >= 0.3 is 0 Å². The fourth-order valence-electron chi connectivity index (χ4n) is 1.77. The maximum atomic E-state index is 11.6. The van der Waals surface area contributed by atoms with Gasteiger partial charge < -0.3 is 5.32 Å². The fourth-order valence-corrected chi connectivity index (χ4v) is 1.77. The van der Waals surface area contributed by atoms with Crippen molar-refractivity contribution in [1.29, 1.82) is 0 Å². The van der Waals surface area contributed by atoms with E-state index in [2.05, 4.69) is 37.1 Å². The topological polar surface area (TPSA) is 42.0 Å². The van der Waals surface area contributed by atoms with E-state index >= 15 is 0 Å². The highest BCUT2D eigenvalue weighted by atomic mass is 16.1. The second-order valence-corrected chi connectivity index (χ2v) is 5.91. The van der Waals surface area contributed by atoms with E-state index in [-0.39, 0.29) is 11.3 Å². The Balaban J connectivity index is 2.07. The maximum absolute atomic E-state index is 11.6. The molecule has 0 radical (unpaired) electrons. The Morgan fingerprint density at radius 3 is 2.72 bits per heavy atom. The van der Waals surface area contributed by atoms with Crippen molar-refractivity contribution < 1.29 is 4.79 Å². The summed E-state index contributed by atoms with van der Waals surface area (Å²) in [4.78, 5) is 15.7. The number of aryl methyl sites for hydroxylation is 1. The van der Waals surface area contributed by atoms with Crippen molar-refractivity contribution in [3.63, 3.8) is 0 Å². The van der Waals surface area contributed by atoms with Crippen LogP contribution in [-0.2, 0) is 11.2 Å². The molecular formula is C15H24N2O. The molecule has 0 aromatic carbocycles. The SMILES string of the molecule is CC(C)(C)CC(=O)NCCCCc1cccnc1. The highest BCUT2D eigenvalue weighted by Crippen LogP contribution is 2.17. The minimum atomic E-state index is 0.0692. The number of nitrogens with one attached hydrogen (secondary N) is 1. The van der Waals surface area contributed by atoms with Crippen molar-refractivity contribution in [2.45, 2.75) is 46.5 Å². The number of hydrogen-bond acceptors (Lipinski definition) is 2. The minimum absolute atomic E-state index is 0.0692. The van der Waals surface area contributed by atoms with Gasteiger partial charge in [-0.1, -0.05) is 26.8 Å². The molecule has 1 rings (SSSR count). The van der Waals surface area contributed by atoms with Crippen LogP contribution in [0, 0.1) is 5.41 Å². The van der Waals surface area contributed by atoms with Crippen molar-refractivity contribution in [2.24, 2.45) is 5.41 Å². The molecule has 0 saturated heterocycles. The van der Waals surface area contributed by atoms with E-state index in [1.165, 1.54) is 5.56 Å².